The van der Waals surface area contributed by atoms with Gasteiger partial charge in [0, 0.05) is 42.6 Å². The highest BCUT2D eigenvalue weighted by Crippen LogP contribution is 2.18. The molecule has 0 saturated heterocycles. The van der Waals surface area contributed by atoms with Gasteiger partial charge in [-0.1, -0.05) is 6.92 Å². The molecule has 2 amide bonds. The highest BCUT2D eigenvalue weighted by molar-refractivity contribution is 5.98. The molecule has 0 unspecified atom stereocenters. The average molecular weight is 443 g/mol. The molecule has 0 atom stereocenters. The molecule has 0 saturated carbocycles. The first kappa shape index (κ1) is 25.0. The Morgan fingerprint density at radius 3 is 2.44 bits per heavy atom. The zero-order valence-electron chi connectivity index (χ0n) is 19.0. The average Bonchev–Trinajstić information content (AvgIpc) is 2.77. The van der Waals surface area contributed by atoms with Crippen molar-refractivity contribution >= 4 is 29.3 Å². The van der Waals surface area contributed by atoms with Crippen molar-refractivity contribution in [2.45, 2.75) is 39.2 Å². The SMILES string of the molecule is CCCNc1nc(Nc2ccc(C(N)=O)cc2)ncc1C(=O)NCCCNC(C)(C)CN. The zero-order valence-corrected chi connectivity index (χ0v) is 19.0. The fraction of sp³-hybridized carbons (Fsp3) is 0.455. The van der Waals surface area contributed by atoms with Crippen LogP contribution in [0.1, 0.15) is 54.3 Å². The molecule has 1 aromatic carbocycles. The summed E-state index contributed by atoms with van der Waals surface area (Å²) in [4.78, 5) is 32.6. The Bertz CT molecular complexity index is 899. The van der Waals surface area contributed by atoms with Gasteiger partial charge in [0.1, 0.15) is 11.4 Å². The lowest BCUT2D eigenvalue weighted by atomic mass is 10.1. The maximum Gasteiger partial charge on any atom is 0.256 e. The van der Waals surface area contributed by atoms with E-state index < -0.39 is 5.91 Å². The monoisotopic (exact) mass is 442 g/mol. The minimum absolute atomic E-state index is 0.127. The van der Waals surface area contributed by atoms with Crippen LogP contribution in [-0.4, -0.2) is 53.5 Å². The number of primary amides is 1. The highest BCUT2D eigenvalue weighted by atomic mass is 16.2. The largest absolute Gasteiger partial charge is 0.369 e. The maximum absolute atomic E-state index is 12.7. The number of rotatable bonds is 13. The second kappa shape index (κ2) is 12.0. The van der Waals surface area contributed by atoms with Crippen LogP contribution in [0.2, 0.25) is 0 Å². The van der Waals surface area contributed by atoms with Crippen molar-refractivity contribution in [1.82, 2.24) is 20.6 Å². The molecular formula is C22H34N8O2. The van der Waals surface area contributed by atoms with Crippen LogP contribution in [-0.2, 0) is 0 Å². The number of hydrogen-bond acceptors (Lipinski definition) is 8. The number of nitrogens with one attached hydrogen (secondary N) is 4. The Morgan fingerprint density at radius 2 is 1.81 bits per heavy atom. The zero-order chi connectivity index (χ0) is 23.6. The molecular weight excluding hydrogens is 408 g/mol. The van der Waals surface area contributed by atoms with E-state index in [0.29, 0.717) is 48.2 Å². The predicted octanol–water partition coefficient (Wildman–Crippen LogP) is 1.59. The van der Waals surface area contributed by atoms with E-state index >= 15 is 0 Å². The molecule has 10 heteroatoms. The summed E-state index contributed by atoms with van der Waals surface area (Å²) in [6, 6.07) is 6.66. The van der Waals surface area contributed by atoms with E-state index in [9.17, 15) is 9.59 Å². The van der Waals surface area contributed by atoms with Crippen LogP contribution in [0.4, 0.5) is 17.5 Å². The number of anilines is 3. The van der Waals surface area contributed by atoms with Crippen LogP contribution >= 0.6 is 0 Å². The summed E-state index contributed by atoms with van der Waals surface area (Å²) < 4.78 is 0. The summed E-state index contributed by atoms with van der Waals surface area (Å²) in [5.41, 5.74) is 12.3. The molecule has 32 heavy (non-hydrogen) atoms. The van der Waals surface area contributed by atoms with Gasteiger partial charge in [-0.3, -0.25) is 9.59 Å². The first-order valence-electron chi connectivity index (χ1n) is 10.8. The summed E-state index contributed by atoms with van der Waals surface area (Å²) in [5, 5.41) is 12.5. The molecule has 0 radical (unpaired) electrons. The topological polar surface area (TPSA) is 160 Å². The summed E-state index contributed by atoms with van der Waals surface area (Å²) in [6.07, 6.45) is 3.15. The minimum atomic E-state index is -0.493. The summed E-state index contributed by atoms with van der Waals surface area (Å²) in [5.74, 6) is 0.0605. The number of carbonyl (C=O) groups is 2. The van der Waals surface area contributed by atoms with Gasteiger partial charge >= 0.3 is 0 Å². The van der Waals surface area contributed by atoms with Gasteiger partial charge in [0.25, 0.3) is 5.91 Å². The van der Waals surface area contributed by atoms with E-state index in [1.165, 1.54) is 6.20 Å². The van der Waals surface area contributed by atoms with Crippen molar-refractivity contribution in [3.8, 4) is 0 Å². The van der Waals surface area contributed by atoms with E-state index in [1.54, 1.807) is 24.3 Å². The molecule has 1 heterocycles. The van der Waals surface area contributed by atoms with Crippen molar-refractivity contribution in [3.05, 3.63) is 41.6 Å². The molecule has 0 spiro atoms. The number of benzene rings is 1. The van der Waals surface area contributed by atoms with Crippen LogP contribution in [0.5, 0.6) is 0 Å². The van der Waals surface area contributed by atoms with Crippen molar-refractivity contribution in [3.63, 3.8) is 0 Å². The highest BCUT2D eigenvalue weighted by Gasteiger charge is 2.16. The normalized spacial score (nSPS) is 11.1. The van der Waals surface area contributed by atoms with Crippen LogP contribution in [0.25, 0.3) is 0 Å². The van der Waals surface area contributed by atoms with Gasteiger partial charge in [-0.05, 0) is 57.5 Å². The molecule has 174 valence electrons. The molecule has 1 aromatic heterocycles. The number of carbonyl (C=O) groups excluding carboxylic acids is 2. The lowest BCUT2D eigenvalue weighted by Crippen LogP contribution is -2.46. The van der Waals surface area contributed by atoms with Gasteiger partial charge in [-0.15, -0.1) is 0 Å². The van der Waals surface area contributed by atoms with Crippen LogP contribution < -0.4 is 32.7 Å². The first-order valence-corrected chi connectivity index (χ1v) is 10.8. The third kappa shape index (κ3) is 7.78. The van der Waals surface area contributed by atoms with Gasteiger partial charge in [-0.2, -0.15) is 4.98 Å². The van der Waals surface area contributed by atoms with Crippen molar-refractivity contribution in [2.24, 2.45) is 11.5 Å². The second-order valence-corrected chi connectivity index (χ2v) is 8.07. The van der Waals surface area contributed by atoms with Gasteiger partial charge < -0.3 is 32.7 Å². The van der Waals surface area contributed by atoms with Crippen LogP contribution in [0.15, 0.2) is 30.5 Å². The molecule has 0 aliphatic carbocycles. The van der Waals surface area contributed by atoms with Crippen LogP contribution in [0.3, 0.4) is 0 Å². The maximum atomic E-state index is 12.7. The molecule has 8 N–H and O–H groups in total. The number of aromatic nitrogens is 2. The molecule has 0 fully saturated rings. The Kier molecular flexibility index (Phi) is 9.36. The van der Waals surface area contributed by atoms with E-state index in [4.69, 9.17) is 11.5 Å². The Hall–Kier alpha value is -3.24. The third-order valence-corrected chi connectivity index (χ3v) is 4.75. The first-order chi connectivity index (χ1) is 15.3. The Morgan fingerprint density at radius 1 is 1.09 bits per heavy atom. The van der Waals surface area contributed by atoms with E-state index in [0.717, 1.165) is 19.4 Å². The van der Waals surface area contributed by atoms with Gasteiger partial charge in [0.05, 0.1) is 0 Å². The molecule has 0 aliphatic rings. The van der Waals surface area contributed by atoms with E-state index in [2.05, 4.69) is 31.2 Å². The van der Waals surface area contributed by atoms with Crippen LogP contribution in [0, 0.1) is 0 Å². The van der Waals surface area contributed by atoms with Crippen molar-refractivity contribution < 1.29 is 9.59 Å². The second-order valence-electron chi connectivity index (χ2n) is 8.07. The third-order valence-electron chi connectivity index (χ3n) is 4.75. The van der Waals surface area contributed by atoms with Gasteiger partial charge in [0.15, 0.2) is 0 Å². The molecule has 0 aliphatic heterocycles. The quantitative estimate of drug-likeness (QED) is 0.255. The molecule has 0 bridgehead atoms. The lowest BCUT2D eigenvalue weighted by molar-refractivity contribution is 0.0952. The lowest BCUT2D eigenvalue weighted by Gasteiger charge is -2.24. The predicted molar refractivity (Wildman–Crippen MR) is 127 cm³/mol. The summed E-state index contributed by atoms with van der Waals surface area (Å²) in [7, 11) is 0. The fourth-order valence-electron chi connectivity index (χ4n) is 2.72. The minimum Gasteiger partial charge on any atom is -0.369 e. The van der Waals surface area contributed by atoms with Crippen molar-refractivity contribution in [2.75, 3.05) is 36.8 Å². The van der Waals surface area contributed by atoms with Gasteiger partial charge in [0.2, 0.25) is 11.9 Å². The van der Waals surface area contributed by atoms with Gasteiger partial charge in [-0.25, -0.2) is 4.98 Å². The van der Waals surface area contributed by atoms with Crippen molar-refractivity contribution in [1.29, 1.82) is 0 Å². The number of nitrogens with two attached hydrogens (primary N) is 2. The fourth-order valence-corrected chi connectivity index (χ4v) is 2.72. The molecule has 10 nitrogen and oxygen atoms in total. The summed E-state index contributed by atoms with van der Waals surface area (Å²) in [6.45, 7) is 8.59. The van der Waals surface area contributed by atoms with E-state index in [-0.39, 0.29) is 11.4 Å². The smallest absolute Gasteiger partial charge is 0.256 e. The molecule has 2 rings (SSSR count). The number of nitrogens with zero attached hydrogens (tertiary/aromatic N) is 2. The Balaban J connectivity index is 2.02. The standard InChI is InChI=1S/C22H34N8O2/c1-4-10-25-19-17(20(32)26-11-5-12-28-22(2,3)14-23)13-27-21(30-19)29-16-8-6-15(7-9-16)18(24)31/h6-9,13,28H,4-5,10-12,14,23H2,1-3H3,(H2,24,31)(H,26,32)(H2,25,27,29,30). The van der Waals surface area contributed by atoms with E-state index in [1.807, 2.05) is 20.8 Å². The number of amides is 2. The molecule has 2 aromatic rings. The summed E-state index contributed by atoms with van der Waals surface area (Å²) >= 11 is 0. The Labute approximate surface area is 189 Å². The number of hydrogen-bond donors (Lipinski definition) is 6.